The first-order valence-corrected chi connectivity index (χ1v) is 8.67. The van der Waals surface area contributed by atoms with Gasteiger partial charge in [0.1, 0.15) is 0 Å². The number of hydrogen-bond acceptors (Lipinski definition) is 2. The Hall–Kier alpha value is -0.290. The molecule has 6 heteroatoms. The van der Waals surface area contributed by atoms with Crippen LogP contribution in [-0.4, -0.2) is 25.8 Å². The van der Waals surface area contributed by atoms with Gasteiger partial charge in [0.15, 0.2) is 0 Å². The van der Waals surface area contributed by atoms with Gasteiger partial charge in [0.05, 0.1) is 4.90 Å². The zero-order chi connectivity index (χ0) is 14.5. The number of alkyl halides is 1. The summed E-state index contributed by atoms with van der Waals surface area (Å²) < 4.78 is 26.5. The molecule has 0 bridgehead atoms. The minimum Gasteiger partial charge on any atom is -0.207 e. The van der Waals surface area contributed by atoms with E-state index < -0.39 is 10.0 Å². The average molecular weight is 324 g/mol. The molecule has 0 unspecified atom stereocenters. The quantitative estimate of drug-likeness (QED) is 0.714. The number of nitrogens with zero attached hydrogens (tertiary/aromatic N) is 1. The van der Waals surface area contributed by atoms with Crippen molar-refractivity contribution in [1.82, 2.24) is 4.31 Å². The van der Waals surface area contributed by atoms with Crippen molar-refractivity contribution in [2.24, 2.45) is 0 Å². The maximum atomic E-state index is 12.5. The predicted octanol–water partition coefficient (Wildman–Crippen LogP) is 3.89. The molecule has 0 atom stereocenters. The topological polar surface area (TPSA) is 37.4 Å². The summed E-state index contributed by atoms with van der Waals surface area (Å²) in [5, 5.41) is 0.491. The lowest BCUT2D eigenvalue weighted by molar-refractivity contribution is 0.419. The van der Waals surface area contributed by atoms with Crippen LogP contribution in [0.15, 0.2) is 23.1 Å². The van der Waals surface area contributed by atoms with E-state index in [-0.39, 0.29) is 10.8 Å². The molecule has 1 aromatic carbocycles. The highest BCUT2D eigenvalue weighted by Crippen LogP contribution is 2.24. The second-order valence-electron chi connectivity index (χ2n) is 4.24. The van der Waals surface area contributed by atoms with Crippen LogP contribution >= 0.6 is 23.2 Å². The fourth-order valence-electron chi connectivity index (χ4n) is 1.75. The molecule has 3 nitrogen and oxygen atoms in total. The molecular formula is C13H19Cl2NO2S. The van der Waals surface area contributed by atoms with Crippen molar-refractivity contribution in [2.75, 3.05) is 13.1 Å². The molecular weight excluding hydrogens is 305 g/mol. The van der Waals surface area contributed by atoms with E-state index >= 15 is 0 Å². The monoisotopic (exact) mass is 323 g/mol. The molecule has 0 spiro atoms. The van der Waals surface area contributed by atoms with E-state index in [9.17, 15) is 8.42 Å². The molecule has 0 aromatic heterocycles. The van der Waals surface area contributed by atoms with E-state index in [0.29, 0.717) is 23.7 Å². The SMILES string of the molecule is CCCCN(CC)S(=O)(=O)c1ccc(Cl)c(CCl)c1. The number of benzene rings is 1. The summed E-state index contributed by atoms with van der Waals surface area (Å²) >= 11 is 11.7. The smallest absolute Gasteiger partial charge is 0.207 e. The van der Waals surface area contributed by atoms with Crippen molar-refractivity contribution in [1.29, 1.82) is 0 Å². The lowest BCUT2D eigenvalue weighted by Gasteiger charge is -2.20. The molecule has 0 saturated heterocycles. The van der Waals surface area contributed by atoms with Crippen LogP contribution in [0.5, 0.6) is 0 Å². The van der Waals surface area contributed by atoms with Crippen molar-refractivity contribution in [2.45, 2.75) is 37.5 Å². The highest BCUT2D eigenvalue weighted by molar-refractivity contribution is 7.89. The third-order valence-corrected chi connectivity index (χ3v) is 5.54. The van der Waals surface area contributed by atoms with Crippen molar-refractivity contribution in [3.63, 3.8) is 0 Å². The van der Waals surface area contributed by atoms with Gasteiger partial charge in [0.25, 0.3) is 0 Å². The normalized spacial score (nSPS) is 12.1. The predicted molar refractivity (Wildman–Crippen MR) is 80.3 cm³/mol. The van der Waals surface area contributed by atoms with Crippen LogP contribution in [0.2, 0.25) is 5.02 Å². The Morgan fingerprint density at radius 2 is 1.95 bits per heavy atom. The Morgan fingerprint density at radius 3 is 2.47 bits per heavy atom. The largest absolute Gasteiger partial charge is 0.243 e. The Kier molecular flexibility index (Phi) is 6.60. The standard InChI is InChI=1S/C13H19Cl2NO2S/c1-3-5-8-16(4-2)19(17,18)12-6-7-13(15)11(9-12)10-14/h6-7,9H,3-5,8,10H2,1-2H3. The van der Waals surface area contributed by atoms with Gasteiger partial charge < -0.3 is 0 Å². The summed E-state index contributed by atoms with van der Waals surface area (Å²) in [4.78, 5) is 0.255. The second-order valence-corrected chi connectivity index (χ2v) is 6.85. The van der Waals surface area contributed by atoms with Crippen LogP contribution < -0.4 is 0 Å². The molecule has 0 heterocycles. The van der Waals surface area contributed by atoms with E-state index in [1.165, 1.54) is 10.4 Å². The zero-order valence-corrected chi connectivity index (χ0v) is 13.5. The summed E-state index contributed by atoms with van der Waals surface area (Å²) in [7, 11) is -3.46. The van der Waals surface area contributed by atoms with E-state index in [1.807, 2.05) is 13.8 Å². The molecule has 0 amide bonds. The Morgan fingerprint density at radius 1 is 1.26 bits per heavy atom. The Labute approximate surface area is 125 Å². The molecule has 0 N–H and O–H groups in total. The lowest BCUT2D eigenvalue weighted by atomic mass is 10.2. The number of sulfonamides is 1. The zero-order valence-electron chi connectivity index (χ0n) is 11.2. The molecule has 19 heavy (non-hydrogen) atoms. The third-order valence-electron chi connectivity index (χ3n) is 2.91. The molecule has 0 saturated carbocycles. The number of halogens is 2. The average Bonchev–Trinajstić information content (AvgIpc) is 2.39. The summed E-state index contributed by atoms with van der Waals surface area (Å²) in [5.74, 6) is 0.198. The van der Waals surface area contributed by atoms with Gasteiger partial charge >= 0.3 is 0 Å². The first kappa shape index (κ1) is 16.8. The molecule has 0 fully saturated rings. The van der Waals surface area contributed by atoms with E-state index in [0.717, 1.165) is 12.8 Å². The summed E-state index contributed by atoms with van der Waals surface area (Å²) in [6, 6.07) is 4.67. The van der Waals surface area contributed by atoms with Gasteiger partial charge in [-0.2, -0.15) is 4.31 Å². The molecule has 0 aliphatic carbocycles. The summed E-state index contributed by atoms with van der Waals surface area (Å²) in [6.07, 6.45) is 1.81. The highest BCUT2D eigenvalue weighted by Gasteiger charge is 2.23. The van der Waals surface area contributed by atoms with Gasteiger partial charge in [-0.3, -0.25) is 0 Å². The van der Waals surface area contributed by atoms with Crippen molar-refractivity contribution in [3.05, 3.63) is 28.8 Å². The van der Waals surface area contributed by atoms with Gasteiger partial charge in [-0.05, 0) is 30.2 Å². The lowest BCUT2D eigenvalue weighted by Crippen LogP contribution is -2.31. The highest BCUT2D eigenvalue weighted by atomic mass is 35.5. The van der Waals surface area contributed by atoms with Crippen LogP contribution in [-0.2, 0) is 15.9 Å². The fraction of sp³-hybridized carbons (Fsp3) is 0.538. The Balaban J connectivity index is 3.11. The fourth-order valence-corrected chi connectivity index (χ4v) is 3.76. The van der Waals surface area contributed by atoms with Gasteiger partial charge in [-0.15, -0.1) is 11.6 Å². The molecule has 1 aromatic rings. The van der Waals surface area contributed by atoms with Crippen molar-refractivity contribution in [3.8, 4) is 0 Å². The van der Waals surface area contributed by atoms with Crippen LogP contribution in [0.25, 0.3) is 0 Å². The second kappa shape index (κ2) is 7.48. The van der Waals surface area contributed by atoms with Crippen molar-refractivity contribution < 1.29 is 8.42 Å². The first-order valence-electron chi connectivity index (χ1n) is 6.31. The Bertz CT molecular complexity index is 517. The van der Waals surface area contributed by atoms with Gasteiger partial charge in [-0.1, -0.05) is 31.9 Å². The van der Waals surface area contributed by atoms with Crippen molar-refractivity contribution >= 4 is 33.2 Å². The van der Waals surface area contributed by atoms with Crippen LogP contribution in [0.4, 0.5) is 0 Å². The van der Waals surface area contributed by atoms with Gasteiger partial charge in [-0.25, -0.2) is 8.42 Å². The maximum Gasteiger partial charge on any atom is 0.243 e. The number of hydrogen-bond donors (Lipinski definition) is 0. The van der Waals surface area contributed by atoms with Gasteiger partial charge in [0.2, 0.25) is 10.0 Å². The number of unbranched alkanes of at least 4 members (excludes halogenated alkanes) is 1. The molecule has 0 aliphatic heterocycles. The van der Waals surface area contributed by atoms with Crippen LogP contribution in [0.1, 0.15) is 32.3 Å². The molecule has 108 valence electrons. The molecule has 0 radical (unpaired) electrons. The van der Waals surface area contributed by atoms with Gasteiger partial charge in [0, 0.05) is 24.0 Å². The maximum absolute atomic E-state index is 12.5. The van der Waals surface area contributed by atoms with E-state index in [1.54, 1.807) is 12.1 Å². The summed E-state index contributed by atoms with van der Waals surface area (Å²) in [6.45, 7) is 4.87. The first-order chi connectivity index (χ1) is 8.97. The third kappa shape index (κ3) is 4.09. The van der Waals surface area contributed by atoms with Crippen LogP contribution in [0.3, 0.4) is 0 Å². The molecule has 0 aliphatic rings. The minimum atomic E-state index is -3.46. The summed E-state index contributed by atoms with van der Waals surface area (Å²) in [5.41, 5.74) is 0.635. The molecule has 1 rings (SSSR count). The minimum absolute atomic E-state index is 0.198. The van der Waals surface area contributed by atoms with Crippen LogP contribution in [0, 0.1) is 0 Å². The number of rotatable bonds is 7. The van der Waals surface area contributed by atoms with E-state index in [2.05, 4.69) is 0 Å². The van der Waals surface area contributed by atoms with E-state index in [4.69, 9.17) is 23.2 Å².